The molecule has 1 fully saturated rings. The second kappa shape index (κ2) is 8.56. The normalized spacial score (nSPS) is 17.9. The molecule has 1 aliphatic rings. The van der Waals surface area contributed by atoms with Crippen LogP contribution in [-0.2, 0) is 11.2 Å². The Balaban J connectivity index is 1.76. The maximum Gasteiger partial charge on any atom is 0.317 e. The van der Waals surface area contributed by atoms with E-state index in [4.69, 9.17) is 0 Å². The molecule has 0 saturated carbocycles. The van der Waals surface area contributed by atoms with E-state index in [9.17, 15) is 9.59 Å². The summed E-state index contributed by atoms with van der Waals surface area (Å²) in [4.78, 5) is 26.1. The second-order valence-electron chi connectivity index (χ2n) is 6.42. The molecule has 1 aromatic carbocycles. The molecule has 1 aromatic rings. The number of carbonyl (C=O) groups is 2. The number of likely N-dealkylation sites (tertiary alicyclic amines) is 1. The Labute approximate surface area is 138 Å². The molecule has 5 nitrogen and oxygen atoms in total. The maximum absolute atomic E-state index is 12.3. The average molecular weight is 317 g/mol. The topological polar surface area (TPSA) is 61.4 Å². The summed E-state index contributed by atoms with van der Waals surface area (Å²) in [7, 11) is 0. The van der Waals surface area contributed by atoms with E-state index in [-0.39, 0.29) is 23.9 Å². The Kier molecular flexibility index (Phi) is 6.44. The van der Waals surface area contributed by atoms with Crippen LogP contribution in [0.5, 0.6) is 0 Å². The third-order valence-electron chi connectivity index (χ3n) is 4.05. The number of hydrogen-bond donors (Lipinski definition) is 2. The smallest absolute Gasteiger partial charge is 0.317 e. The minimum Gasteiger partial charge on any atom is -0.355 e. The summed E-state index contributed by atoms with van der Waals surface area (Å²) in [5, 5.41) is 5.90. The lowest BCUT2D eigenvalue weighted by Gasteiger charge is -2.32. The Morgan fingerprint density at radius 2 is 2.00 bits per heavy atom. The molecule has 0 radical (unpaired) electrons. The summed E-state index contributed by atoms with van der Waals surface area (Å²) in [6.45, 7) is 5.75. The number of urea groups is 1. The fourth-order valence-electron chi connectivity index (χ4n) is 2.83. The number of rotatable bonds is 5. The molecule has 0 aromatic heterocycles. The van der Waals surface area contributed by atoms with Crippen LogP contribution in [0.15, 0.2) is 30.3 Å². The van der Waals surface area contributed by atoms with Gasteiger partial charge in [0.05, 0.1) is 5.92 Å². The van der Waals surface area contributed by atoms with Gasteiger partial charge in [0, 0.05) is 25.7 Å². The van der Waals surface area contributed by atoms with E-state index < -0.39 is 0 Å². The summed E-state index contributed by atoms with van der Waals surface area (Å²) in [5.41, 5.74) is 1.22. The van der Waals surface area contributed by atoms with Crippen molar-refractivity contribution in [3.8, 4) is 0 Å². The summed E-state index contributed by atoms with van der Waals surface area (Å²) >= 11 is 0. The van der Waals surface area contributed by atoms with Crippen LogP contribution >= 0.6 is 0 Å². The van der Waals surface area contributed by atoms with E-state index in [0.29, 0.717) is 13.1 Å². The fourth-order valence-corrected chi connectivity index (χ4v) is 2.83. The average Bonchev–Trinajstić information content (AvgIpc) is 2.55. The lowest BCUT2D eigenvalue weighted by atomic mass is 9.97. The van der Waals surface area contributed by atoms with Gasteiger partial charge in [0.15, 0.2) is 0 Å². The van der Waals surface area contributed by atoms with Gasteiger partial charge in [-0.1, -0.05) is 30.3 Å². The van der Waals surface area contributed by atoms with Crippen molar-refractivity contribution in [2.24, 2.45) is 5.92 Å². The van der Waals surface area contributed by atoms with Crippen LogP contribution in [0.25, 0.3) is 0 Å². The van der Waals surface area contributed by atoms with Gasteiger partial charge in [-0.25, -0.2) is 4.79 Å². The van der Waals surface area contributed by atoms with Crippen LogP contribution in [0, 0.1) is 5.92 Å². The van der Waals surface area contributed by atoms with E-state index in [2.05, 4.69) is 22.8 Å². The van der Waals surface area contributed by atoms with Crippen LogP contribution < -0.4 is 10.6 Å². The van der Waals surface area contributed by atoms with E-state index in [0.717, 1.165) is 25.8 Å². The molecule has 5 heteroatoms. The van der Waals surface area contributed by atoms with Crippen LogP contribution in [0.2, 0.25) is 0 Å². The largest absolute Gasteiger partial charge is 0.355 e. The molecule has 3 amide bonds. The Morgan fingerprint density at radius 3 is 2.70 bits per heavy atom. The van der Waals surface area contributed by atoms with Crippen molar-refractivity contribution in [1.82, 2.24) is 15.5 Å². The molecule has 0 spiro atoms. The van der Waals surface area contributed by atoms with Gasteiger partial charge in [-0.05, 0) is 38.7 Å². The molecule has 1 atom stereocenters. The number of amides is 3. The number of nitrogens with zero attached hydrogens (tertiary/aromatic N) is 1. The number of benzene rings is 1. The zero-order valence-electron chi connectivity index (χ0n) is 14.0. The predicted octanol–water partition coefficient (Wildman–Crippen LogP) is 2.18. The molecule has 1 heterocycles. The highest BCUT2D eigenvalue weighted by molar-refractivity contribution is 5.80. The zero-order chi connectivity index (χ0) is 16.7. The van der Waals surface area contributed by atoms with E-state index in [1.165, 1.54) is 5.56 Å². The van der Waals surface area contributed by atoms with Crippen molar-refractivity contribution in [2.45, 2.75) is 39.2 Å². The van der Waals surface area contributed by atoms with Crippen molar-refractivity contribution < 1.29 is 9.59 Å². The number of piperidine rings is 1. The summed E-state index contributed by atoms with van der Waals surface area (Å²) in [6.07, 6.45) is 2.56. The predicted molar refractivity (Wildman–Crippen MR) is 91.1 cm³/mol. The first-order valence-electron chi connectivity index (χ1n) is 8.43. The number of nitrogens with one attached hydrogen (secondary N) is 2. The third-order valence-corrected chi connectivity index (χ3v) is 4.05. The highest BCUT2D eigenvalue weighted by atomic mass is 16.2. The van der Waals surface area contributed by atoms with Gasteiger partial charge >= 0.3 is 6.03 Å². The van der Waals surface area contributed by atoms with Crippen molar-refractivity contribution in [3.63, 3.8) is 0 Å². The summed E-state index contributed by atoms with van der Waals surface area (Å²) in [6, 6.07) is 10.2. The quantitative estimate of drug-likeness (QED) is 0.874. The molecule has 1 aliphatic heterocycles. The molecule has 2 rings (SSSR count). The minimum atomic E-state index is -0.0996. The minimum absolute atomic E-state index is 0.0583. The van der Waals surface area contributed by atoms with Crippen LogP contribution in [0.1, 0.15) is 32.3 Å². The van der Waals surface area contributed by atoms with Gasteiger partial charge < -0.3 is 15.5 Å². The van der Waals surface area contributed by atoms with E-state index in [1.807, 2.05) is 32.0 Å². The molecular formula is C18H27N3O2. The first-order valence-corrected chi connectivity index (χ1v) is 8.43. The maximum atomic E-state index is 12.3. The molecule has 23 heavy (non-hydrogen) atoms. The Hall–Kier alpha value is -2.04. The molecule has 1 saturated heterocycles. The van der Waals surface area contributed by atoms with E-state index in [1.54, 1.807) is 4.90 Å². The van der Waals surface area contributed by atoms with Crippen molar-refractivity contribution in [1.29, 1.82) is 0 Å². The fraction of sp³-hybridized carbons (Fsp3) is 0.556. The van der Waals surface area contributed by atoms with Gasteiger partial charge in [-0.15, -0.1) is 0 Å². The highest BCUT2D eigenvalue weighted by Gasteiger charge is 2.28. The third kappa shape index (κ3) is 5.58. The monoisotopic (exact) mass is 317 g/mol. The highest BCUT2D eigenvalue weighted by Crippen LogP contribution is 2.16. The molecule has 0 aliphatic carbocycles. The zero-order valence-corrected chi connectivity index (χ0v) is 14.0. The van der Waals surface area contributed by atoms with Gasteiger partial charge in [0.25, 0.3) is 0 Å². The van der Waals surface area contributed by atoms with Crippen molar-refractivity contribution in [3.05, 3.63) is 35.9 Å². The van der Waals surface area contributed by atoms with E-state index >= 15 is 0 Å². The van der Waals surface area contributed by atoms with Crippen LogP contribution in [-0.4, -0.2) is 42.5 Å². The summed E-state index contributed by atoms with van der Waals surface area (Å²) < 4.78 is 0. The number of hydrogen-bond acceptors (Lipinski definition) is 2. The molecule has 2 N–H and O–H groups in total. The summed E-state index contributed by atoms with van der Waals surface area (Å²) in [5.74, 6) is -0.0413. The molecule has 0 unspecified atom stereocenters. The standard InChI is InChI=1S/C18H27N3O2/c1-14(2)20-18(23)21-12-6-9-16(13-21)17(22)19-11-10-15-7-4-3-5-8-15/h3-5,7-8,14,16H,6,9-13H2,1-2H3,(H,19,22)(H,20,23)/t16-/m0/s1. The Morgan fingerprint density at radius 1 is 1.26 bits per heavy atom. The number of carbonyl (C=O) groups excluding carboxylic acids is 2. The Bertz CT molecular complexity index is 516. The van der Waals surface area contributed by atoms with Crippen molar-refractivity contribution >= 4 is 11.9 Å². The lowest BCUT2D eigenvalue weighted by molar-refractivity contribution is -0.126. The van der Waals surface area contributed by atoms with Crippen molar-refractivity contribution in [2.75, 3.05) is 19.6 Å². The first-order chi connectivity index (χ1) is 11.1. The van der Waals surface area contributed by atoms with Gasteiger partial charge in [-0.2, -0.15) is 0 Å². The SMILES string of the molecule is CC(C)NC(=O)N1CCC[C@H](C(=O)NCCc2ccccc2)C1. The van der Waals surface area contributed by atoms with Gasteiger partial charge in [0.2, 0.25) is 5.91 Å². The van der Waals surface area contributed by atoms with Gasteiger partial charge in [0.1, 0.15) is 0 Å². The molecule has 0 bridgehead atoms. The first kappa shape index (κ1) is 17.3. The molecule has 126 valence electrons. The van der Waals surface area contributed by atoms with Crippen LogP contribution in [0.4, 0.5) is 4.79 Å². The second-order valence-corrected chi connectivity index (χ2v) is 6.42. The van der Waals surface area contributed by atoms with Gasteiger partial charge in [-0.3, -0.25) is 4.79 Å². The molecular weight excluding hydrogens is 290 g/mol. The lowest BCUT2D eigenvalue weighted by Crippen LogP contribution is -2.50. The van der Waals surface area contributed by atoms with Crippen LogP contribution in [0.3, 0.4) is 0 Å².